The van der Waals surface area contributed by atoms with E-state index in [2.05, 4.69) is 31.3 Å². The van der Waals surface area contributed by atoms with Crippen LogP contribution in [0.15, 0.2) is 48.5 Å². The third-order valence-corrected chi connectivity index (χ3v) is 5.34. The third kappa shape index (κ3) is 4.53. The fourth-order valence-corrected chi connectivity index (χ4v) is 3.53. The number of nitrogens with one attached hydrogen (secondary N) is 1. The zero-order valence-corrected chi connectivity index (χ0v) is 16.8. The van der Waals surface area contributed by atoms with E-state index in [0.29, 0.717) is 43.2 Å². The van der Waals surface area contributed by atoms with Gasteiger partial charge in [0, 0.05) is 24.7 Å². The van der Waals surface area contributed by atoms with E-state index < -0.39 is 0 Å². The molecule has 1 saturated heterocycles. The van der Waals surface area contributed by atoms with Gasteiger partial charge in [0.05, 0.1) is 12.7 Å². The number of hydrogen-bond acceptors (Lipinski definition) is 3. The van der Waals surface area contributed by atoms with Crippen molar-refractivity contribution in [3.8, 4) is 5.75 Å². The molecule has 0 aliphatic carbocycles. The number of likely N-dealkylation sites (tertiary alicyclic amines) is 1. The van der Waals surface area contributed by atoms with Crippen molar-refractivity contribution in [1.82, 2.24) is 4.90 Å². The molecule has 0 unspecified atom stereocenters. The number of para-hydroxylation sites is 1. The van der Waals surface area contributed by atoms with Crippen LogP contribution in [0, 0.1) is 5.92 Å². The van der Waals surface area contributed by atoms with Crippen molar-refractivity contribution < 1.29 is 14.3 Å². The van der Waals surface area contributed by atoms with Crippen molar-refractivity contribution in [3.05, 3.63) is 59.7 Å². The zero-order chi connectivity index (χ0) is 20.1. The van der Waals surface area contributed by atoms with Crippen molar-refractivity contribution in [2.24, 2.45) is 5.92 Å². The fourth-order valence-electron chi connectivity index (χ4n) is 3.53. The molecule has 0 aromatic heterocycles. The lowest BCUT2D eigenvalue weighted by Crippen LogP contribution is -2.41. The number of hydrogen-bond donors (Lipinski definition) is 1. The van der Waals surface area contributed by atoms with Crippen LogP contribution in [-0.2, 0) is 4.79 Å². The number of carbonyl (C=O) groups excluding carboxylic acids is 2. The Bertz CT molecular complexity index is 822. The maximum Gasteiger partial charge on any atom is 0.257 e. The molecule has 0 bridgehead atoms. The normalized spacial score (nSPS) is 14.8. The molecule has 28 heavy (non-hydrogen) atoms. The molecule has 3 rings (SSSR count). The minimum atomic E-state index is -0.0773. The first-order valence-electron chi connectivity index (χ1n) is 9.82. The zero-order valence-electron chi connectivity index (χ0n) is 16.8. The van der Waals surface area contributed by atoms with Crippen molar-refractivity contribution in [2.45, 2.75) is 32.6 Å². The van der Waals surface area contributed by atoms with Crippen LogP contribution >= 0.6 is 0 Å². The maximum absolute atomic E-state index is 12.8. The number of nitrogens with zero attached hydrogens (tertiary/aromatic N) is 1. The van der Waals surface area contributed by atoms with E-state index in [0.717, 1.165) is 5.69 Å². The Labute approximate surface area is 166 Å². The Balaban J connectivity index is 1.56. The van der Waals surface area contributed by atoms with Gasteiger partial charge in [0.15, 0.2) is 0 Å². The van der Waals surface area contributed by atoms with Crippen LogP contribution in [0.2, 0.25) is 0 Å². The summed E-state index contributed by atoms with van der Waals surface area (Å²) in [6.45, 7) is 5.43. The minimum absolute atomic E-state index is 0.0293. The van der Waals surface area contributed by atoms with Crippen molar-refractivity contribution in [2.75, 3.05) is 25.5 Å². The molecule has 5 heteroatoms. The van der Waals surface area contributed by atoms with Crippen LogP contribution in [0.4, 0.5) is 5.69 Å². The molecule has 0 spiro atoms. The maximum atomic E-state index is 12.8. The molecule has 1 aliphatic heterocycles. The molecule has 2 aromatic rings. The first-order valence-corrected chi connectivity index (χ1v) is 9.82. The smallest absolute Gasteiger partial charge is 0.257 e. The van der Waals surface area contributed by atoms with Crippen LogP contribution in [0.5, 0.6) is 5.75 Å². The summed E-state index contributed by atoms with van der Waals surface area (Å²) >= 11 is 0. The largest absolute Gasteiger partial charge is 0.496 e. The molecule has 148 valence electrons. The van der Waals surface area contributed by atoms with Gasteiger partial charge in [0.1, 0.15) is 5.75 Å². The van der Waals surface area contributed by atoms with E-state index in [4.69, 9.17) is 4.74 Å². The number of amides is 2. The number of carbonyl (C=O) groups is 2. The first-order chi connectivity index (χ1) is 13.5. The van der Waals surface area contributed by atoms with E-state index in [1.54, 1.807) is 24.1 Å². The van der Waals surface area contributed by atoms with Crippen molar-refractivity contribution in [3.63, 3.8) is 0 Å². The second kappa shape index (κ2) is 8.91. The summed E-state index contributed by atoms with van der Waals surface area (Å²) in [5, 5.41) is 3.01. The van der Waals surface area contributed by atoms with Crippen LogP contribution in [0.25, 0.3) is 0 Å². The summed E-state index contributed by atoms with van der Waals surface area (Å²) < 4.78 is 5.29. The number of benzene rings is 2. The van der Waals surface area contributed by atoms with Gasteiger partial charge in [-0.3, -0.25) is 9.59 Å². The number of rotatable bonds is 5. The number of ether oxygens (including phenoxy) is 1. The molecule has 2 amide bonds. The predicted octanol–water partition coefficient (Wildman–Crippen LogP) is 4.31. The van der Waals surface area contributed by atoms with Crippen LogP contribution < -0.4 is 10.1 Å². The summed E-state index contributed by atoms with van der Waals surface area (Å²) in [5.74, 6) is 0.959. The van der Waals surface area contributed by atoms with Crippen LogP contribution in [-0.4, -0.2) is 36.9 Å². The highest BCUT2D eigenvalue weighted by Gasteiger charge is 2.28. The van der Waals surface area contributed by atoms with Gasteiger partial charge < -0.3 is 15.0 Å². The summed E-state index contributed by atoms with van der Waals surface area (Å²) in [5.41, 5.74) is 2.64. The summed E-state index contributed by atoms with van der Waals surface area (Å²) in [4.78, 5) is 27.2. The van der Waals surface area contributed by atoms with Crippen LogP contribution in [0.1, 0.15) is 48.5 Å². The molecule has 1 aliphatic rings. The Hall–Kier alpha value is -2.82. The summed E-state index contributed by atoms with van der Waals surface area (Å²) in [7, 11) is 1.57. The summed E-state index contributed by atoms with van der Waals surface area (Å²) in [6, 6.07) is 15.3. The monoisotopic (exact) mass is 380 g/mol. The molecule has 5 nitrogen and oxygen atoms in total. The lowest BCUT2D eigenvalue weighted by atomic mass is 9.95. The topological polar surface area (TPSA) is 58.6 Å². The molecular weight excluding hydrogens is 352 g/mol. The highest BCUT2D eigenvalue weighted by atomic mass is 16.5. The molecule has 1 fully saturated rings. The third-order valence-electron chi connectivity index (χ3n) is 5.34. The highest BCUT2D eigenvalue weighted by Crippen LogP contribution is 2.25. The van der Waals surface area contributed by atoms with Gasteiger partial charge in [-0.25, -0.2) is 0 Å². The van der Waals surface area contributed by atoms with Gasteiger partial charge in [-0.1, -0.05) is 38.1 Å². The van der Waals surface area contributed by atoms with Crippen molar-refractivity contribution >= 4 is 17.5 Å². The Morgan fingerprint density at radius 3 is 2.29 bits per heavy atom. The quantitative estimate of drug-likeness (QED) is 0.841. The van der Waals surface area contributed by atoms with E-state index in [1.165, 1.54) is 5.56 Å². The minimum Gasteiger partial charge on any atom is -0.496 e. The van der Waals surface area contributed by atoms with E-state index in [9.17, 15) is 9.59 Å². The number of piperidine rings is 1. The number of methoxy groups -OCH3 is 1. The van der Waals surface area contributed by atoms with Gasteiger partial charge in [-0.2, -0.15) is 0 Å². The van der Waals surface area contributed by atoms with E-state index in [1.807, 2.05) is 24.3 Å². The standard InChI is InChI=1S/C23H28N2O3/c1-16(2)17-8-10-19(11-9-17)24-22(26)18-12-14-25(15-13-18)23(27)20-6-4-5-7-21(20)28-3/h4-11,16,18H,12-15H2,1-3H3,(H,24,26). The SMILES string of the molecule is COc1ccccc1C(=O)N1CCC(C(=O)Nc2ccc(C(C)C)cc2)CC1. The van der Waals surface area contributed by atoms with Gasteiger partial charge in [-0.15, -0.1) is 0 Å². The molecule has 0 atom stereocenters. The second-order valence-corrected chi connectivity index (χ2v) is 7.53. The van der Waals surface area contributed by atoms with Gasteiger partial charge in [0.2, 0.25) is 5.91 Å². The molecule has 1 heterocycles. The van der Waals surface area contributed by atoms with Gasteiger partial charge in [-0.05, 0) is 48.6 Å². The lowest BCUT2D eigenvalue weighted by molar-refractivity contribution is -0.121. The highest BCUT2D eigenvalue weighted by molar-refractivity contribution is 5.97. The van der Waals surface area contributed by atoms with Gasteiger partial charge in [0.25, 0.3) is 5.91 Å². The second-order valence-electron chi connectivity index (χ2n) is 7.53. The molecule has 0 radical (unpaired) electrons. The average Bonchev–Trinajstić information content (AvgIpc) is 2.73. The average molecular weight is 380 g/mol. The summed E-state index contributed by atoms with van der Waals surface area (Å²) in [6.07, 6.45) is 1.33. The number of anilines is 1. The molecule has 2 aromatic carbocycles. The Morgan fingerprint density at radius 2 is 1.68 bits per heavy atom. The van der Waals surface area contributed by atoms with Crippen molar-refractivity contribution in [1.29, 1.82) is 0 Å². The molecular formula is C23H28N2O3. The van der Waals surface area contributed by atoms with Crippen LogP contribution in [0.3, 0.4) is 0 Å². The van der Waals surface area contributed by atoms with E-state index in [-0.39, 0.29) is 17.7 Å². The molecule has 0 saturated carbocycles. The fraction of sp³-hybridized carbons (Fsp3) is 0.391. The first kappa shape index (κ1) is 19.9. The lowest BCUT2D eigenvalue weighted by Gasteiger charge is -2.31. The Morgan fingerprint density at radius 1 is 1.04 bits per heavy atom. The predicted molar refractivity (Wildman–Crippen MR) is 111 cm³/mol. The van der Waals surface area contributed by atoms with Gasteiger partial charge >= 0.3 is 0 Å². The molecule has 1 N–H and O–H groups in total. The van der Waals surface area contributed by atoms with E-state index >= 15 is 0 Å². The Kier molecular flexibility index (Phi) is 6.34.